The summed E-state index contributed by atoms with van der Waals surface area (Å²) in [5, 5.41) is 6.20. The Morgan fingerprint density at radius 1 is 1.20 bits per heavy atom. The molecule has 1 N–H and O–H groups in total. The highest BCUT2D eigenvalue weighted by Crippen LogP contribution is 2.17. The Kier molecular flexibility index (Phi) is 4.97. The first-order chi connectivity index (χ1) is 12.0. The lowest BCUT2D eigenvalue weighted by Gasteiger charge is -2.36. The van der Waals surface area contributed by atoms with E-state index in [1.54, 1.807) is 30.0 Å². The molecule has 1 aliphatic rings. The van der Waals surface area contributed by atoms with Gasteiger partial charge in [-0.05, 0) is 31.2 Å². The van der Waals surface area contributed by atoms with Gasteiger partial charge < -0.3 is 19.6 Å². The molecular weight excluding hydrogens is 327 g/mol. The van der Waals surface area contributed by atoms with Crippen LogP contribution in [0.4, 0.5) is 15.9 Å². The van der Waals surface area contributed by atoms with Crippen LogP contribution in [-0.2, 0) is 9.59 Å². The van der Waals surface area contributed by atoms with E-state index in [2.05, 4.69) is 15.4 Å². The first-order valence-electron chi connectivity index (χ1n) is 8.03. The molecule has 3 rings (SSSR count). The molecule has 0 aliphatic carbocycles. The van der Waals surface area contributed by atoms with E-state index in [1.807, 2.05) is 0 Å². The lowest BCUT2D eigenvalue weighted by atomic mass is 10.2. The lowest BCUT2D eigenvalue weighted by molar-refractivity contribution is -0.134. The Balaban J connectivity index is 1.48. The highest BCUT2D eigenvalue weighted by molar-refractivity contribution is 6.03. The molecule has 0 unspecified atom stereocenters. The zero-order valence-electron chi connectivity index (χ0n) is 13.9. The van der Waals surface area contributed by atoms with Gasteiger partial charge in [0.2, 0.25) is 11.8 Å². The number of piperazine rings is 1. The average Bonchev–Trinajstić information content (AvgIpc) is 3.00. The smallest absolute Gasteiger partial charge is 0.235 e. The summed E-state index contributed by atoms with van der Waals surface area (Å²) in [6.45, 7) is 4.04. The largest absolute Gasteiger partial charge is 0.368 e. The third kappa shape index (κ3) is 4.34. The van der Waals surface area contributed by atoms with Crippen molar-refractivity contribution in [3.8, 4) is 0 Å². The Morgan fingerprint density at radius 2 is 1.88 bits per heavy atom. The Morgan fingerprint density at radius 3 is 2.48 bits per heavy atom. The monoisotopic (exact) mass is 346 g/mol. The highest BCUT2D eigenvalue weighted by atomic mass is 19.1. The minimum absolute atomic E-state index is 0.225. The third-order valence-electron chi connectivity index (χ3n) is 4.03. The standard InChI is InChI=1S/C17H19FN4O3/c1-12-10-15(20-25-12)19-16(23)11-17(24)22-8-6-21(7-9-22)14-4-2-13(18)3-5-14/h2-5,10H,6-9,11H2,1H3,(H,19,20,23). The number of nitrogens with one attached hydrogen (secondary N) is 1. The van der Waals surface area contributed by atoms with Gasteiger partial charge in [0, 0.05) is 37.9 Å². The van der Waals surface area contributed by atoms with Crippen LogP contribution in [0.1, 0.15) is 12.2 Å². The van der Waals surface area contributed by atoms with Crippen molar-refractivity contribution in [1.29, 1.82) is 0 Å². The molecule has 1 saturated heterocycles. The number of amides is 2. The van der Waals surface area contributed by atoms with Crippen LogP contribution in [0, 0.1) is 12.7 Å². The molecule has 0 atom stereocenters. The fraction of sp³-hybridized carbons (Fsp3) is 0.353. The van der Waals surface area contributed by atoms with Gasteiger partial charge in [-0.25, -0.2) is 4.39 Å². The SMILES string of the molecule is Cc1cc(NC(=O)CC(=O)N2CCN(c3ccc(F)cc3)CC2)no1. The van der Waals surface area contributed by atoms with Gasteiger partial charge in [-0.1, -0.05) is 5.16 Å². The fourth-order valence-corrected chi connectivity index (χ4v) is 2.73. The number of aryl methyl sites for hydroxylation is 1. The van der Waals surface area contributed by atoms with Crippen LogP contribution in [-0.4, -0.2) is 48.0 Å². The van der Waals surface area contributed by atoms with Gasteiger partial charge in [-0.3, -0.25) is 9.59 Å². The Labute approximate surface area is 144 Å². The number of halogens is 1. The molecule has 7 nitrogen and oxygen atoms in total. The van der Waals surface area contributed by atoms with E-state index in [4.69, 9.17) is 4.52 Å². The van der Waals surface area contributed by atoms with Crippen LogP contribution >= 0.6 is 0 Å². The molecule has 25 heavy (non-hydrogen) atoms. The summed E-state index contributed by atoms with van der Waals surface area (Å²) in [6.07, 6.45) is -0.234. The van der Waals surface area contributed by atoms with Crippen LogP contribution in [0.25, 0.3) is 0 Å². The van der Waals surface area contributed by atoms with E-state index < -0.39 is 5.91 Å². The normalized spacial score (nSPS) is 14.5. The quantitative estimate of drug-likeness (QED) is 0.854. The van der Waals surface area contributed by atoms with Crippen molar-refractivity contribution in [3.63, 3.8) is 0 Å². The summed E-state index contributed by atoms with van der Waals surface area (Å²) in [5.41, 5.74) is 0.924. The number of nitrogens with zero attached hydrogens (tertiary/aromatic N) is 3. The molecule has 0 spiro atoms. The summed E-state index contributed by atoms with van der Waals surface area (Å²) in [6, 6.07) is 7.87. The summed E-state index contributed by atoms with van der Waals surface area (Å²) >= 11 is 0. The molecule has 2 heterocycles. The van der Waals surface area contributed by atoms with Crippen LogP contribution in [0.2, 0.25) is 0 Å². The maximum absolute atomic E-state index is 13.0. The zero-order valence-corrected chi connectivity index (χ0v) is 13.9. The first kappa shape index (κ1) is 16.9. The van der Waals surface area contributed by atoms with Crippen molar-refractivity contribution < 1.29 is 18.5 Å². The number of anilines is 2. The second kappa shape index (κ2) is 7.33. The van der Waals surface area contributed by atoms with Crippen molar-refractivity contribution in [2.45, 2.75) is 13.3 Å². The maximum Gasteiger partial charge on any atom is 0.235 e. The van der Waals surface area contributed by atoms with Crippen LogP contribution in [0.3, 0.4) is 0 Å². The van der Waals surface area contributed by atoms with Gasteiger partial charge in [0.1, 0.15) is 18.0 Å². The van der Waals surface area contributed by atoms with Crippen molar-refractivity contribution >= 4 is 23.3 Å². The maximum atomic E-state index is 13.0. The predicted molar refractivity (Wildman–Crippen MR) is 89.7 cm³/mol. The van der Waals surface area contributed by atoms with Crippen molar-refractivity contribution in [2.75, 3.05) is 36.4 Å². The molecule has 0 radical (unpaired) electrons. The molecule has 8 heteroatoms. The second-order valence-corrected chi connectivity index (χ2v) is 5.89. The highest BCUT2D eigenvalue weighted by Gasteiger charge is 2.23. The molecule has 0 saturated carbocycles. The molecular formula is C17H19FN4O3. The number of carbonyl (C=O) groups excluding carboxylic acids is 2. The van der Waals surface area contributed by atoms with E-state index in [9.17, 15) is 14.0 Å². The van der Waals surface area contributed by atoms with Crippen LogP contribution in [0.5, 0.6) is 0 Å². The van der Waals surface area contributed by atoms with Crippen LogP contribution in [0.15, 0.2) is 34.9 Å². The van der Waals surface area contributed by atoms with E-state index >= 15 is 0 Å². The minimum atomic E-state index is -0.417. The van der Waals surface area contributed by atoms with Gasteiger partial charge >= 0.3 is 0 Å². The van der Waals surface area contributed by atoms with Gasteiger partial charge in [0.25, 0.3) is 0 Å². The fourth-order valence-electron chi connectivity index (χ4n) is 2.73. The average molecular weight is 346 g/mol. The van der Waals surface area contributed by atoms with Gasteiger partial charge in [-0.2, -0.15) is 0 Å². The topological polar surface area (TPSA) is 78.7 Å². The zero-order chi connectivity index (χ0) is 17.8. The second-order valence-electron chi connectivity index (χ2n) is 5.89. The van der Waals surface area contributed by atoms with Gasteiger partial charge in [0.05, 0.1) is 0 Å². The summed E-state index contributed by atoms with van der Waals surface area (Å²) in [4.78, 5) is 27.9. The lowest BCUT2D eigenvalue weighted by Crippen LogP contribution is -2.49. The molecule has 2 aromatic rings. The van der Waals surface area contributed by atoms with Crippen molar-refractivity contribution in [3.05, 3.63) is 41.9 Å². The molecule has 132 valence electrons. The van der Waals surface area contributed by atoms with E-state index in [0.29, 0.717) is 37.8 Å². The molecule has 1 aromatic heterocycles. The number of aromatic nitrogens is 1. The summed E-state index contributed by atoms with van der Waals surface area (Å²) in [7, 11) is 0. The molecule has 1 aliphatic heterocycles. The van der Waals surface area contributed by atoms with Gasteiger partial charge in [-0.15, -0.1) is 0 Å². The number of rotatable bonds is 4. The van der Waals surface area contributed by atoms with E-state index in [-0.39, 0.29) is 18.1 Å². The first-order valence-corrected chi connectivity index (χ1v) is 8.03. The minimum Gasteiger partial charge on any atom is -0.368 e. The predicted octanol–water partition coefficient (Wildman–Crippen LogP) is 1.80. The Hall–Kier alpha value is -2.90. The number of hydrogen-bond acceptors (Lipinski definition) is 5. The number of carbonyl (C=O) groups is 2. The molecule has 0 bridgehead atoms. The van der Waals surface area contributed by atoms with Crippen LogP contribution < -0.4 is 10.2 Å². The molecule has 2 amide bonds. The summed E-state index contributed by atoms with van der Waals surface area (Å²) in [5.74, 6) is -0.0309. The molecule has 1 fully saturated rings. The summed E-state index contributed by atoms with van der Waals surface area (Å²) < 4.78 is 17.8. The number of hydrogen-bond donors (Lipinski definition) is 1. The van der Waals surface area contributed by atoms with E-state index in [0.717, 1.165) is 5.69 Å². The van der Waals surface area contributed by atoms with Crippen molar-refractivity contribution in [2.24, 2.45) is 0 Å². The van der Waals surface area contributed by atoms with Gasteiger partial charge in [0.15, 0.2) is 5.82 Å². The molecule has 1 aromatic carbocycles. The van der Waals surface area contributed by atoms with Crippen molar-refractivity contribution in [1.82, 2.24) is 10.1 Å². The Bertz CT molecular complexity index is 752. The number of benzene rings is 1. The third-order valence-corrected chi connectivity index (χ3v) is 4.03. The van der Waals surface area contributed by atoms with E-state index in [1.165, 1.54) is 12.1 Å².